The third-order valence-corrected chi connectivity index (χ3v) is 5.38. The smallest absolute Gasteiger partial charge is 0.337 e. The van der Waals surface area contributed by atoms with Crippen molar-refractivity contribution in [2.45, 2.75) is 18.4 Å². The van der Waals surface area contributed by atoms with Crippen LogP contribution in [0, 0.1) is 18.2 Å². The van der Waals surface area contributed by atoms with Gasteiger partial charge in [-0.05, 0) is 18.3 Å². The van der Waals surface area contributed by atoms with E-state index in [-0.39, 0.29) is 41.1 Å². The van der Waals surface area contributed by atoms with Crippen LogP contribution in [0.5, 0.6) is 5.75 Å². The lowest BCUT2D eigenvalue weighted by Crippen LogP contribution is -2.49. The minimum absolute atomic E-state index is 0.0539. The molecule has 3 rings (SSSR count). The van der Waals surface area contributed by atoms with Gasteiger partial charge >= 0.3 is 6.03 Å². The molecule has 2 aliphatic rings. The second-order valence-electron chi connectivity index (χ2n) is 6.96. The minimum Gasteiger partial charge on any atom is -0.475 e. The first kappa shape index (κ1) is 20.5. The van der Waals surface area contributed by atoms with Crippen molar-refractivity contribution in [3.63, 3.8) is 0 Å². The molecule has 10 heteroatoms. The number of imide groups is 1. The van der Waals surface area contributed by atoms with Crippen LogP contribution in [-0.4, -0.2) is 66.5 Å². The Balaban J connectivity index is 2.04. The summed E-state index contributed by atoms with van der Waals surface area (Å²) in [6.45, 7) is -0.0539. The predicted molar refractivity (Wildman–Crippen MR) is 108 cm³/mol. The van der Waals surface area contributed by atoms with Crippen LogP contribution in [0.3, 0.4) is 0 Å². The molecule has 1 aromatic carbocycles. The molecule has 8 nitrogen and oxygen atoms in total. The number of ether oxygens (including phenoxy) is 1. The number of hydrogen-bond acceptors (Lipinski definition) is 5. The maximum absolute atomic E-state index is 14.8. The van der Waals surface area contributed by atoms with Gasteiger partial charge in [0.15, 0.2) is 16.5 Å². The predicted octanol–water partition coefficient (Wildman–Crippen LogP) is 1.58. The van der Waals surface area contributed by atoms with E-state index in [1.54, 1.807) is 14.1 Å². The first-order chi connectivity index (χ1) is 13.7. The van der Waals surface area contributed by atoms with Crippen molar-refractivity contribution in [2.75, 3.05) is 37.5 Å². The molecule has 0 radical (unpaired) electrons. The molecule has 0 bridgehead atoms. The second-order valence-corrected chi connectivity index (χ2v) is 7.32. The molecule has 0 saturated heterocycles. The van der Waals surface area contributed by atoms with E-state index in [0.717, 1.165) is 11.0 Å². The van der Waals surface area contributed by atoms with E-state index < -0.39 is 17.4 Å². The summed E-state index contributed by atoms with van der Waals surface area (Å²) in [5.41, 5.74) is -1.16. The van der Waals surface area contributed by atoms with Crippen molar-refractivity contribution in [1.82, 2.24) is 9.80 Å². The molecule has 1 saturated carbocycles. The zero-order valence-electron chi connectivity index (χ0n) is 16.1. The van der Waals surface area contributed by atoms with Crippen molar-refractivity contribution in [2.24, 2.45) is 0 Å². The molecule has 0 unspecified atom stereocenters. The molecule has 0 N–H and O–H groups in total. The monoisotopic (exact) mass is 418 g/mol. The number of anilines is 2. The Kier molecular flexibility index (Phi) is 5.19. The van der Waals surface area contributed by atoms with Crippen LogP contribution in [0.1, 0.15) is 12.8 Å². The maximum atomic E-state index is 14.8. The number of benzene rings is 1. The Morgan fingerprint density at radius 3 is 2.59 bits per heavy atom. The SMILES string of the molecule is C#CCN1C(=O)C2(CC2)Oc2cc(F)c(N(C=O)C(=O)N(C)C(=S)N(C)C)cc21. The highest BCUT2D eigenvalue weighted by molar-refractivity contribution is 7.80. The van der Waals surface area contributed by atoms with Gasteiger partial charge in [0.05, 0.1) is 17.9 Å². The molecule has 1 aliphatic carbocycles. The van der Waals surface area contributed by atoms with Crippen LogP contribution in [0.25, 0.3) is 0 Å². The Hall–Kier alpha value is -3.19. The number of thiocarbonyl (C=S) groups is 1. The average molecular weight is 418 g/mol. The summed E-state index contributed by atoms with van der Waals surface area (Å²) >= 11 is 5.12. The van der Waals surface area contributed by atoms with Crippen LogP contribution in [0.4, 0.5) is 20.6 Å². The summed E-state index contributed by atoms with van der Waals surface area (Å²) < 4.78 is 20.6. The van der Waals surface area contributed by atoms with Crippen molar-refractivity contribution in [3.8, 4) is 18.1 Å². The number of rotatable bonds is 3. The molecule has 29 heavy (non-hydrogen) atoms. The molecule has 1 heterocycles. The van der Waals surface area contributed by atoms with E-state index in [0.29, 0.717) is 17.7 Å². The van der Waals surface area contributed by atoms with Gasteiger partial charge in [-0.3, -0.25) is 19.4 Å². The first-order valence-electron chi connectivity index (χ1n) is 8.68. The first-order valence-corrected chi connectivity index (χ1v) is 9.09. The van der Waals surface area contributed by atoms with Gasteiger partial charge in [0, 0.05) is 40.1 Å². The minimum atomic E-state index is -1.00. The van der Waals surface area contributed by atoms with Crippen LogP contribution in [-0.2, 0) is 9.59 Å². The number of fused-ring (bicyclic) bond motifs is 1. The summed E-state index contributed by atoms with van der Waals surface area (Å²) in [4.78, 5) is 41.5. The zero-order valence-corrected chi connectivity index (χ0v) is 17.0. The standard InChI is InChI=1S/C19H19FN4O4S/c1-5-8-23-14-10-13(24(11-25)17(27)22(4)18(29)21(2)3)12(20)9-15(14)28-19(6-7-19)16(23)26/h1,9-11H,6-8H2,2-4H3. The fraction of sp³-hybridized carbons (Fsp3) is 0.368. The van der Waals surface area contributed by atoms with Gasteiger partial charge < -0.3 is 9.64 Å². The fourth-order valence-electron chi connectivity index (χ4n) is 3.05. The molecule has 1 aliphatic heterocycles. The van der Waals surface area contributed by atoms with Crippen LogP contribution < -0.4 is 14.5 Å². The summed E-state index contributed by atoms with van der Waals surface area (Å²) in [7, 11) is 4.63. The second kappa shape index (κ2) is 7.33. The number of urea groups is 1. The number of amides is 4. The van der Waals surface area contributed by atoms with Gasteiger partial charge in [0.25, 0.3) is 5.91 Å². The van der Waals surface area contributed by atoms with Gasteiger partial charge in [0.1, 0.15) is 5.75 Å². The molecule has 1 spiro atoms. The highest BCUT2D eigenvalue weighted by atomic mass is 32.1. The Bertz CT molecular complexity index is 954. The third-order valence-electron chi connectivity index (χ3n) is 4.74. The van der Waals surface area contributed by atoms with E-state index in [9.17, 15) is 18.8 Å². The van der Waals surface area contributed by atoms with Crippen LogP contribution in [0.15, 0.2) is 12.1 Å². The lowest BCUT2D eigenvalue weighted by atomic mass is 10.1. The van der Waals surface area contributed by atoms with Gasteiger partial charge in [0.2, 0.25) is 6.41 Å². The van der Waals surface area contributed by atoms with E-state index >= 15 is 0 Å². The van der Waals surface area contributed by atoms with Crippen molar-refractivity contribution >= 4 is 47.1 Å². The topological polar surface area (TPSA) is 73.4 Å². The van der Waals surface area contributed by atoms with Gasteiger partial charge in [-0.1, -0.05) is 5.92 Å². The van der Waals surface area contributed by atoms with Crippen molar-refractivity contribution in [1.29, 1.82) is 0 Å². The number of hydrogen-bond donors (Lipinski definition) is 0. The van der Waals surface area contributed by atoms with Gasteiger partial charge in [-0.15, -0.1) is 6.42 Å². The zero-order chi connectivity index (χ0) is 21.5. The Morgan fingerprint density at radius 1 is 1.41 bits per heavy atom. The van der Waals surface area contributed by atoms with E-state index in [1.807, 2.05) is 0 Å². The molecular weight excluding hydrogens is 399 g/mol. The molecule has 0 aromatic heterocycles. The molecule has 4 amide bonds. The molecule has 0 atom stereocenters. The number of nitrogens with zero attached hydrogens (tertiary/aromatic N) is 4. The highest BCUT2D eigenvalue weighted by Crippen LogP contribution is 2.50. The number of halogens is 1. The lowest BCUT2D eigenvalue weighted by Gasteiger charge is -2.34. The number of carbonyl (C=O) groups excluding carboxylic acids is 3. The Labute approximate surface area is 172 Å². The van der Waals surface area contributed by atoms with Crippen molar-refractivity contribution < 1.29 is 23.5 Å². The number of terminal acetylenes is 1. The van der Waals surface area contributed by atoms with E-state index in [2.05, 4.69) is 5.92 Å². The lowest BCUT2D eigenvalue weighted by molar-refractivity contribution is -0.128. The van der Waals surface area contributed by atoms with Gasteiger partial charge in [-0.2, -0.15) is 0 Å². The number of carbonyl (C=O) groups is 3. The van der Waals surface area contributed by atoms with Gasteiger partial charge in [-0.25, -0.2) is 14.1 Å². The fourth-order valence-corrected chi connectivity index (χ4v) is 3.12. The maximum Gasteiger partial charge on any atom is 0.337 e. The molecular formula is C19H19FN4O4S. The average Bonchev–Trinajstić information content (AvgIpc) is 3.46. The highest BCUT2D eigenvalue weighted by Gasteiger charge is 2.58. The quantitative estimate of drug-likeness (QED) is 0.422. The largest absolute Gasteiger partial charge is 0.475 e. The third kappa shape index (κ3) is 3.38. The summed E-state index contributed by atoms with van der Waals surface area (Å²) in [5.74, 6) is 1.34. The normalized spacial score (nSPS) is 15.7. The summed E-state index contributed by atoms with van der Waals surface area (Å²) in [6, 6.07) is 1.39. The molecule has 1 fully saturated rings. The van der Waals surface area contributed by atoms with Crippen LogP contribution in [0.2, 0.25) is 0 Å². The van der Waals surface area contributed by atoms with Crippen molar-refractivity contribution in [3.05, 3.63) is 17.9 Å². The summed E-state index contributed by atoms with van der Waals surface area (Å²) in [5, 5.41) is 0.128. The Morgan fingerprint density at radius 2 is 2.07 bits per heavy atom. The van der Waals surface area contributed by atoms with Crippen LogP contribution >= 0.6 is 12.2 Å². The summed E-state index contributed by atoms with van der Waals surface area (Å²) in [6.07, 6.45) is 6.60. The van der Waals surface area contributed by atoms with E-state index in [1.165, 1.54) is 22.9 Å². The van der Waals surface area contributed by atoms with E-state index in [4.69, 9.17) is 23.4 Å². The molecule has 1 aromatic rings. The molecule has 152 valence electrons.